The molecule has 0 saturated carbocycles. The molecule has 0 amide bonds. The van der Waals surface area contributed by atoms with Crippen LogP contribution in [-0.4, -0.2) is 5.78 Å². The van der Waals surface area contributed by atoms with E-state index in [4.69, 9.17) is 0 Å². The Morgan fingerprint density at radius 1 is 1.05 bits per heavy atom. The summed E-state index contributed by atoms with van der Waals surface area (Å²) < 4.78 is 11.3. The van der Waals surface area contributed by atoms with Crippen LogP contribution in [0, 0.1) is 20.8 Å². The molecule has 0 radical (unpaired) electrons. The van der Waals surface area contributed by atoms with Gasteiger partial charge in [-0.15, -0.1) is 0 Å². The number of hydrogen-bond acceptors (Lipinski definition) is 2. The van der Waals surface area contributed by atoms with E-state index >= 15 is 0 Å². The first-order valence-corrected chi connectivity index (χ1v) is 6.91. The van der Waals surface area contributed by atoms with Crippen LogP contribution in [0.3, 0.4) is 0 Å². The maximum atomic E-state index is 12.6. The van der Waals surface area contributed by atoms with E-state index in [1.165, 1.54) is 0 Å². The Labute approximate surface area is 144 Å². The topological polar surface area (TPSA) is 34.1 Å². The smallest absolute Gasteiger partial charge is 1.00 e. The van der Waals surface area contributed by atoms with Crippen molar-refractivity contribution in [2.75, 3.05) is 0 Å². The zero-order valence-electron chi connectivity index (χ0n) is 13.2. The second-order valence-electron chi connectivity index (χ2n) is 4.65. The summed E-state index contributed by atoms with van der Waals surface area (Å²) in [6.07, 6.45) is 0. The summed E-state index contributed by atoms with van der Waals surface area (Å²) in [7, 11) is -0.0380. The second-order valence-corrected chi connectivity index (χ2v) is 5.28. The van der Waals surface area contributed by atoms with Crippen molar-refractivity contribution in [1.82, 2.24) is 0 Å². The van der Waals surface area contributed by atoms with Gasteiger partial charge in [0.15, 0.2) is 14.2 Å². The van der Waals surface area contributed by atoms with Crippen molar-refractivity contribution in [2.24, 2.45) is 0 Å². The van der Waals surface area contributed by atoms with Crippen molar-refractivity contribution in [3.8, 4) is 0 Å². The first-order chi connectivity index (χ1) is 9.06. The van der Waals surface area contributed by atoms with E-state index in [1.807, 2.05) is 45.0 Å². The Bertz CT molecular complexity index is 657. The van der Waals surface area contributed by atoms with Crippen molar-refractivity contribution < 1.29 is 40.3 Å². The molecule has 0 aliphatic heterocycles. The van der Waals surface area contributed by atoms with Gasteiger partial charge in [-0.25, -0.2) is 0 Å². The predicted molar refractivity (Wildman–Crippen MR) is 78.9 cm³/mol. The van der Waals surface area contributed by atoms with E-state index in [0.29, 0.717) is 16.4 Å². The number of aryl methyl sites for hydroxylation is 2. The molecule has 0 bridgehead atoms. The first-order valence-electron chi connectivity index (χ1n) is 6.10. The van der Waals surface area contributed by atoms with Gasteiger partial charge in [-0.05, 0) is 37.5 Å². The van der Waals surface area contributed by atoms with Crippen molar-refractivity contribution in [1.29, 1.82) is 0 Å². The van der Waals surface area contributed by atoms with Crippen molar-refractivity contribution in [3.05, 3.63) is 64.2 Å². The van der Waals surface area contributed by atoms with Gasteiger partial charge in [-0.2, -0.15) is 0 Å². The Hall–Kier alpha value is -0.790. The maximum Gasteiger partial charge on any atom is 1.00 e. The molecule has 4 heteroatoms. The van der Waals surface area contributed by atoms with Gasteiger partial charge in [-0.3, -0.25) is 9.36 Å². The Balaban J connectivity index is 0.00000200. The third-order valence-electron chi connectivity index (χ3n) is 3.29. The Kier molecular flexibility index (Phi) is 6.29. The fourth-order valence-electron chi connectivity index (χ4n) is 2.40. The molecule has 20 heavy (non-hydrogen) atoms. The van der Waals surface area contributed by atoms with Gasteiger partial charge in [0.2, 0.25) is 0 Å². The molecule has 0 atom stereocenters. The van der Waals surface area contributed by atoms with Gasteiger partial charge in [0, 0.05) is 16.4 Å². The largest absolute Gasteiger partial charge is 1.00 e. The second kappa shape index (κ2) is 7.28. The summed E-state index contributed by atoms with van der Waals surface area (Å²) in [5.41, 5.74) is 4.01. The summed E-state index contributed by atoms with van der Waals surface area (Å²) in [6.45, 7) is 5.69. The maximum absolute atomic E-state index is 12.6. The molecular formula is C16H16NaO2P. The normalized spacial score (nSPS) is 10.2. The number of benzene rings is 2. The molecule has 2 rings (SSSR count). The summed E-state index contributed by atoms with van der Waals surface area (Å²) in [5, 5.41) is 0.713. The van der Waals surface area contributed by atoms with Gasteiger partial charge in [0.05, 0.1) is 0 Å². The zero-order chi connectivity index (χ0) is 14.0. The summed E-state index contributed by atoms with van der Waals surface area (Å²) in [5.74, 6) is -0.0134. The number of hydrogen-bond donors (Lipinski definition) is 0. The third kappa shape index (κ3) is 3.27. The minimum Gasteiger partial charge on any atom is -1.00 e. The minimum absolute atomic E-state index is 0. The summed E-state index contributed by atoms with van der Waals surface area (Å²) in [6, 6.07) is 11.1. The zero-order valence-corrected chi connectivity index (χ0v) is 15.1. The first kappa shape index (κ1) is 17.3. The molecule has 0 spiro atoms. The van der Waals surface area contributed by atoms with Crippen molar-refractivity contribution >= 4 is 19.5 Å². The number of ketones is 1. The van der Waals surface area contributed by atoms with E-state index < -0.39 is 0 Å². The number of carbonyl (C=O) groups is 1. The average Bonchev–Trinajstić information content (AvgIpc) is 2.39. The quantitative estimate of drug-likeness (QED) is 0.478. The monoisotopic (exact) mass is 294 g/mol. The van der Waals surface area contributed by atoms with Gasteiger partial charge in [0.1, 0.15) is 0 Å². The molecule has 0 aliphatic rings. The van der Waals surface area contributed by atoms with Gasteiger partial charge < -0.3 is 1.43 Å². The van der Waals surface area contributed by atoms with Crippen LogP contribution >= 0.6 is 8.46 Å². The molecule has 0 N–H and O–H groups in total. The standard InChI is InChI=1S/C16H15O2P.Na.H/c1-10-9-11(2)16(19-18)12(3)14(10)15(17)13-7-5-4-6-8-13;;/h4-9H,1-3H3;;/q;+1;-1. The van der Waals surface area contributed by atoms with Crippen molar-refractivity contribution in [3.63, 3.8) is 0 Å². The predicted octanol–water partition coefficient (Wildman–Crippen LogP) is 0.876. The molecule has 98 valence electrons. The minimum atomic E-state index is -0.0380. The van der Waals surface area contributed by atoms with Crippen LogP contribution in [-0.2, 0) is 4.57 Å². The molecule has 2 aromatic carbocycles. The van der Waals surface area contributed by atoms with Gasteiger partial charge in [-0.1, -0.05) is 36.4 Å². The molecular weight excluding hydrogens is 278 g/mol. The van der Waals surface area contributed by atoms with E-state index in [1.54, 1.807) is 12.1 Å². The summed E-state index contributed by atoms with van der Waals surface area (Å²) in [4.78, 5) is 12.6. The van der Waals surface area contributed by atoms with Crippen molar-refractivity contribution in [2.45, 2.75) is 20.8 Å². The van der Waals surface area contributed by atoms with Crippen LogP contribution in [0.4, 0.5) is 0 Å². The van der Waals surface area contributed by atoms with Gasteiger partial charge >= 0.3 is 29.6 Å². The van der Waals surface area contributed by atoms with Crippen LogP contribution in [0.1, 0.15) is 34.0 Å². The van der Waals surface area contributed by atoms with Crippen LogP contribution in [0.2, 0.25) is 0 Å². The molecule has 0 saturated heterocycles. The van der Waals surface area contributed by atoms with E-state index in [0.717, 1.165) is 16.7 Å². The molecule has 2 aromatic rings. The van der Waals surface area contributed by atoms with Crippen LogP contribution < -0.4 is 34.9 Å². The fourth-order valence-corrected chi connectivity index (χ4v) is 2.86. The number of carbonyl (C=O) groups excluding carboxylic acids is 1. The van der Waals surface area contributed by atoms with Crippen LogP contribution in [0.5, 0.6) is 0 Å². The van der Waals surface area contributed by atoms with E-state index in [9.17, 15) is 9.36 Å². The fraction of sp³-hybridized carbons (Fsp3) is 0.188. The molecule has 0 fully saturated rings. The SMILES string of the molecule is Cc1cc(C)c(C(=O)c2ccccc2)c(C)c1P=O.[H-].[Na+]. The molecule has 0 aliphatic carbocycles. The third-order valence-corrected chi connectivity index (χ3v) is 4.16. The van der Waals surface area contributed by atoms with Crippen LogP contribution in [0.25, 0.3) is 0 Å². The Morgan fingerprint density at radius 3 is 2.20 bits per heavy atom. The van der Waals surface area contributed by atoms with E-state index in [-0.39, 0.29) is 45.2 Å². The molecule has 0 aromatic heterocycles. The Morgan fingerprint density at radius 2 is 1.65 bits per heavy atom. The van der Waals surface area contributed by atoms with E-state index in [2.05, 4.69) is 0 Å². The molecule has 2 nitrogen and oxygen atoms in total. The summed E-state index contributed by atoms with van der Waals surface area (Å²) >= 11 is 0. The average molecular weight is 294 g/mol. The molecule has 0 heterocycles. The molecule has 0 unspecified atom stereocenters. The van der Waals surface area contributed by atoms with Crippen LogP contribution in [0.15, 0.2) is 36.4 Å². The number of rotatable bonds is 3. The van der Waals surface area contributed by atoms with Gasteiger partial charge in [0.25, 0.3) is 0 Å².